The summed E-state index contributed by atoms with van der Waals surface area (Å²) in [7, 11) is 0. The Morgan fingerprint density at radius 1 is 1.45 bits per heavy atom. The van der Waals surface area contributed by atoms with Gasteiger partial charge in [-0.15, -0.1) is 0 Å². The molecule has 2 atom stereocenters. The van der Waals surface area contributed by atoms with Crippen LogP contribution in [0.1, 0.15) is 30.9 Å². The zero-order valence-electron chi connectivity index (χ0n) is 12.4. The molecule has 0 aromatic heterocycles. The van der Waals surface area contributed by atoms with Crippen LogP contribution in [-0.2, 0) is 9.53 Å². The number of hydrogen-bond donors (Lipinski definition) is 1. The first-order chi connectivity index (χ1) is 9.56. The fourth-order valence-corrected chi connectivity index (χ4v) is 2.21. The summed E-state index contributed by atoms with van der Waals surface area (Å²) in [6.07, 6.45) is 1.76. The lowest BCUT2D eigenvalue weighted by atomic mass is 10.1. The second kappa shape index (κ2) is 6.75. The number of benzene rings is 1. The van der Waals surface area contributed by atoms with Crippen molar-refractivity contribution in [2.45, 2.75) is 45.8 Å². The maximum absolute atomic E-state index is 12.0. The molecule has 4 heteroatoms. The van der Waals surface area contributed by atoms with E-state index in [9.17, 15) is 4.79 Å². The number of carbonyl (C=O) groups excluding carboxylic acids is 1. The van der Waals surface area contributed by atoms with Crippen molar-refractivity contribution in [1.82, 2.24) is 5.32 Å². The fraction of sp³-hybridized carbons (Fsp3) is 0.562. The lowest BCUT2D eigenvalue weighted by Crippen LogP contribution is -2.40. The van der Waals surface area contributed by atoms with Gasteiger partial charge in [-0.05, 0) is 56.9 Å². The minimum atomic E-state index is -0.501. The van der Waals surface area contributed by atoms with Gasteiger partial charge in [0, 0.05) is 13.2 Å². The van der Waals surface area contributed by atoms with Crippen LogP contribution < -0.4 is 10.1 Å². The molecule has 1 fully saturated rings. The van der Waals surface area contributed by atoms with Crippen LogP contribution in [0, 0.1) is 13.8 Å². The quantitative estimate of drug-likeness (QED) is 0.899. The van der Waals surface area contributed by atoms with Crippen LogP contribution in [-0.4, -0.2) is 31.3 Å². The van der Waals surface area contributed by atoms with Gasteiger partial charge < -0.3 is 14.8 Å². The maximum atomic E-state index is 12.0. The van der Waals surface area contributed by atoms with Crippen LogP contribution in [0.5, 0.6) is 5.75 Å². The first-order valence-electron chi connectivity index (χ1n) is 7.19. The molecular weight excluding hydrogens is 254 g/mol. The molecule has 0 bridgehead atoms. The topological polar surface area (TPSA) is 47.6 Å². The first kappa shape index (κ1) is 14.9. The molecule has 1 aliphatic heterocycles. The molecule has 0 saturated carbocycles. The molecule has 2 rings (SSSR count). The molecule has 1 aliphatic rings. The monoisotopic (exact) mass is 277 g/mol. The van der Waals surface area contributed by atoms with Gasteiger partial charge in [0.15, 0.2) is 6.10 Å². The molecule has 110 valence electrons. The van der Waals surface area contributed by atoms with Gasteiger partial charge in [0.05, 0.1) is 6.10 Å². The lowest BCUT2D eigenvalue weighted by Gasteiger charge is -2.17. The Kier molecular flexibility index (Phi) is 5.01. The van der Waals surface area contributed by atoms with E-state index < -0.39 is 6.10 Å². The van der Waals surface area contributed by atoms with Crippen molar-refractivity contribution >= 4 is 5.91 Å². The Labute approximate surface area is 120 Å². The number of nitrogens with one attached hydrogen (secondary N) is 1. The zero-order chi connectivity index (χ0) is 14.5. The average molecular weight is 277 g/mol. The van der Waals surface area contributed by atoms with E-state index in [1.54, 1.807) is 6.92 Å². The molecule has 1 amide bonds. The Morgan fingerprint density at radius 3 is 2.90 bits per heavy atom. The van der Waals surface area contributed by atoms with E-state index in [1.165, 1.54) is 5.56 Å². The predicted molar refractivity (Wildman–Crippen MR) is 78.0 cm³/mol. The molecule has 0 unspecified atom stereocenters. The van der Waals surface area contributed by atoms with Crippen molar-refractivity contribution in [2.75, 3.05) is 13.2 Å². The van der Waals surface area contributed by atoms with Gasteiger partial charge in [-0.1, -0.05) is 6.07 Å². The van der Waals surface area contributed by atoms with Gasteiger partial charge in [0.1, 0.15) is 5.75 Å². The molecule has 0 spiro atoms. The Morgan fingerprint density at radius 2 is 2.25 bits per heavy atom. The van der Waals surface area contributed by atoms with E-state index in [0.29, 0.717) is 6.54 Å². The second-order valence-electron chi connectivity index (χ2n) is 5.39. The van der Waals surface area contributed by atoms with Crippen LogP contribution in [0.3, 0.4) is 0 Å². The van der Waals surface area contributed by atoms with E-state index in [4.69, 9.17) is 9.47 Å². The molecule has 1 N–H and O–H groups in total. The average Bonchev–Trinajstić information content (AvgIpc) is 2.93. The van der Waals surface area contributed by atoms with Gasteiger partial charge in [0.2, 0.25) is 0 Å². The van der Waals surface area contributed by atoms with Crippen LogP contribution in [0.2, 0.25) is 0 Å². The molecule has 1 heterocycles. The summed E-state index contributed by atoms with van der Waals surface area (Å²) in [4.78, 5) is 12.0. The third-order valence-corrected chi connectivity index (χ3v) is 3.69. The SMILES string of the molecule is Cc1ccc(O[C@H](C)C(=O)NC[C@@H]2CCCO2)cc1C. The number of carbonyl (C=O) groups is 1. The Hall–Kier alpha value is -1.55. The molecule has 4 nitrogen and oxygen atoms in total. The highest BCUT2D eigenvalue weighted by Crippen LogP contribution is 2.17. The minimum Gasteiger partial charge on any atom is -0.481 e. The molecular formula is C16H23NO3. The van der Waals surface area contributed by atoms with Crippen molar-refractivity contribution in [3.8, 4) is 5.75 Å². The smallest absolute Gasteiger partial charge is 0.260 e. The highest BCUT2D eigenvalue weighted by atomic mass is 16.5. The lowest BCUT2D eigenvalue weighted by molar-refractivity contribution is -0.127. The van der Waals surface area contributed by atoms with Crippen LogP contribution >= 0.6 is 0 Å². The highest BCUT2D eigenvalue weighted by molar-refractivity contribution is 5.80. The third-order valence-electron chi connectivity index (χ3n) is 3.69. The number of ether oxygens (including phenoxy) is 2. The van der Waals surface area contributed by atoms with Crippen molar-refractivity contribution < 1.29 is 14.3 Å². The first-order valence-corrected chi connectivity index (χ1v) is 7.19. The van der Waals surface area contributed by atoms with E-state index in [0.717, 1.165) is 30.8 Å². The molecule has 0 radical (unpaired) electrons. The summed E-state index contributed by atoms with van der Waals surface area (Å²) < 4.78 is 11.1. The van der Waals surface area contributed by atoms with Crippen molar-refractivity contribution in [2.24, 2.45) is 0 Å². The molecule has 0 aliphatic carbocycles. The zero-order valence-corrected chi connectivity index (χ0v) is 12.4. The predicted octanol–water partition coefficient (Wildman–Crippen LogP) is 2.37. The van der Waals surface area contributed by atoms with Gasteiger partial charge >= 0.3 is 0 Å². The second-order valence-corrected chi connectivity index (χ2v) is 5.39. The van der Waals surface area contributed by atoms with Crippen molar-refractivity contribution in [3.05, 3.63) is 29.3 Å². The summed E-state index contributed by atoms with van der Waals surface area (Å²) in [6.45, 7) is 7.22. The van der Waals surface area contributed by atoms with Crippen molar-refractivity contribution in [3.63, 3.8) is 0 Å². The van der Waals surface area contributed by atoms with Crippen molar-refractivity contribution in [1.29, 1.82) is 0 Å². The fourth-order valence-electron chi connectivity index (χ4n) is 2.21. The Balaban J connectivity index is 1.81. The van der Waals surface area contributed by atoms with Gasteiger partial charge in [-0.2, -0.15) is 0 Å². The summed E-state index contributed by atoms with van der Waals surface area (Å²) in [6, 6.07) is 5.85. The van der Waals surface area contributed by atoms with Gasteiger partial charge in [-0.3, -0.25) is 4.79 Å². The molecule has 1 aromatic rings. The maximum Gasteiger partial charge on any atom is 0.260 e. The van der Waals surface area contributed by atoms with Crippen LogP contribution in [0.15, 0.2) is 18.2 Å². The molecule has 1 aromatic carbocycles. The molecule has 1 saturated heterocycles. The standard InChI is InChI=1S/C16H23NO3/c1-11-6-7-14(9-12(11)2)20-13(3)16(18)17-10-15-5-4-8-19-15/h6-7,9,13,15H,4-5,8,10H2,1-3H3,(H,17,18)/t13-,15+/m1/s1. The van der Waals surface area contributed by atoms with E-state index in [-0.39, 0.29) is 12.0 Å². The largest absolute Gasteiger partial charge is 0.481 e. The highest BCUT2D eigenvalue weighted by Gasteiger charge is 2.19. The van der Waals surface area contributed by atoms with Gasteiger partial charge in [0.25, 0.3) is 5.91 Å². The summed E-state index contributed by atoms with van der Waals surface area (Å²) in [5, 5.41) is 2.88. The summed E-state index contributed by atoms with van der Waals surface area (Å²) >= 11 is 0. The van der Waals surface area contributed by atoms with Gasteiger partial charge in [-0.25, -0.2) is 0 Å². The molecule has 20 heavy (non-hydrogen) atoms. The number of rotatable bonds is 5. The number of hydrogen-bond acceptors (Lipinski definition) is 3. The number of aryl methyl sites for hydroxylation is 2. The third kappa shape index (κ3) is 3.97. The summed E-state index contributed by atoms with van der Waals surface area (Å²) in [5.41, 5.74) is 2.38. The van der Waals surface area contributed by atoms with E-state index in [2.05, 4.69) is 12.2 Å². The van der Waals surface area contributed by atoms with Crippen LogP contribution in [0.25, 0.3) is 0 Å². The number of amides is 1. The normalized spacial score (nSPS) is 19.6. The van der Waals surface area contributed by atoms with E-state index >= 15 is 0 Å². The van der Waals surface area contributed by atoms with Crippen LogP contribution in [0.4, 0.5) is 0 Å². The minimum absolute atomic E-state index is 0.0984. The van der Waals surface area contributed by atoms with E-state index in [1.807, 2.05) is 25.1 Å². The summed E-state index contributed by atoms with van der Waals surface area (Å²) in [5.74, 6) is 0.631. The Bertz CT molecular complexity index is 467.